The van der Waals surface area contributed by atoms with Gasteiger partial charge in [-0.05, 0) is 32.3 Å². The minimum absolute atomic E-state index is 0.0673. The summed E-state index contributed by atoms with van der Waals surface area (Å²) in [5.41, 5.74) is 2.81. The molecule has 4 rings (SSSR count). The third-order valence-corrected chi connectivity index (χ3v) is 5.34. The van der Waals surface area contributed by atoms with E-state index in [2.05, 4.69) is 5.16 Å². The molecule has 2 bridgehead atoms. The Balaban J connectivity index is 1.56. The van der Waals surface area contributed by atoms with Gasteiger partial charge < -0.3 is 14.0 Å². The molecule has 2 atom stereocenters. The maximum atomic E-state index is 12.8. The molecular weight excluding hydrogens is 306 g/mol. The lowest BCUT2D eigenvalue weighted by Gasteiger charge is -2.42. The van der Waals surface area contributed by atoms with Crippen LogP contribution in [0.4, 0.5) is 0 Å². The standard InChI is InChI=1S/C18H21N3O3/c1-11-15(12(2)24-19-11)7-18(23)20-8-13-6-14(10-20)16-4-3-5-17(22)21(16)9-13/h3-5,13-14H,6-10H2,1-2H3/t13-,14+/m0/s1. The summed E-state index contributed by atoms with van der Waals surface area (Å²) >= 11 is 0. The first kappa shape index (κ1) is 15.2. The predicted molar refractivity (Wildman–Crippen MR) is 87.8 cm³/mol. The van der Waals surface area contributed by atoms with E-state index in [4.69, 9.17) is 4.52 Å². The fourth-order valence-electron chi connectivity index (χ4n) is 4.12. The topological polar surface area (TPSA) is 68.3 Å². The maximum absolute atomic E-state index is 12.8. The van der Waals surface area contributed by atoms with Gasteiger partial charge in [-0.2, -0.15) is 0 Å². The molecule has 126 valence electrons. The van der Waals surface area contributed by atoms with E-state index < -0.39 is 0 Å². The van der Waals surface area contributed by atoms with Crippen LogP contribution in [-0.4, -0.2) is 33.6 Å². The second-order valence-corrected chi connectivity index (χ2v) is 6.98. The van der Waals surface area contributed by atoms with Crippen LogP contribution >= 0.6 is 0 Å². The molecule has 0 radical (unpaired) electrons. The van der Waals surface area contributed by atoms with Crippen LogP contribution in [0, 0.1) is 19.8 Å². The number of carbonyl (C=O) groups excluding carboxylic acids is 1. The van der Waals surface area contributed by atoms with Gasteiger partial charge in [-0.15, -0.1) is 0 Å². The molecule has 2 aromatic rings. The zero-order valence-corrected chi connectivity index (χ0v) is 14.0. The minimum Gasteiger partial charge on any atom is -0.361 e. The molecule has 6 nitrogen and oxygen atoms in total. The van der Waals surface area contributed by atoms with Crippen molar-refractivity contribution in [1.82, 2.24) is 14.6 Å². The van der Waals surface area contributed by atoms with Crippen molar-refractivity contribution in [3.63, 3.8) is 0 Å². The second kappa shape index (κ2) is 5.61. The van der Waals surface area contributed by atoms with Crippen molar-refractivity contribution in [2.75, 3.05) is 13.1 Å². The van der Waals surface area contributed by atoms with Gasteiger partial charge in [0, 0.05) is 42.9 Å². The van der Waals surface area contributed by atoms with Gasteiger partial charge in [0.25, 0.3) is 5.56 Å². The van der Waals surface area contributed by atoms with Gasteiger partial charge in [0.2, 0.25) is 5.91 Å². The first-order valence-electron chi connectivity index (χ1n) is 8.42. The molecule has 0 aliphatic carbocycles. The van der Waals surface area contributed by atoms with Crippen LogP contribution in [0.15, 0.2) is 27.5 Å². The molecule has 2 aromatic heterocycles. The Labute approximate surface area is 140 Å². The molecule has 2 aliphatic heterocycles. The number of piperidine rings is 1. The predicted octanol–water partition coefficient (Wildman–Crippen LogP) is 1.64. The van der Waals surface area contributed by atoms with Gasteiger partial charge in [0.15, 0.2) is 0 Å². The molecule has 24 heavy (non-hydrogen) atoms. The highest BCUT2D eigenvalue weighted by molar-refractivity contribution is 5.79. The SMILES string of the molecule is Cc1noc(C)c1CC(=O)N1C[C@@H]2C[C@H](C1)c1cccc(=O)n1C2. The van der Waals surface area contributed by atoms with Crippen molar-refractivity contribution in [2.24, 2.45) is 5.92 Å². The second-order valence-electron chi connectivity index (χ2n) is 6.98. The fraction of sp³-hybridized carbons (Fsp3) is 0.500. The molecule has 6 heteroatoms. The average molecular weight is 327 g/mol. The molecule has 0 N–H and O–H groups in total. The Morgan fingerprint density at radius 1 is 1.29 bits per heavy atom. The fourth-order valence-corrected chi connectivity index (χ4v) is 4.12. The highest BCUT2D eigenvalue weighted by atomic mass is 16.5. The van der Waals surface area contributed by atoms with Crippen LogP contribution in [0.2, 0.25) is 0 Å². The summed E-state index contributed by atoms with van der Waals surface area (Å²) in [6, 6.07) is 5.45. The van der Waals surface area contributed by atoms with E-state index in [0.717, 1.165) is 35.7 Å². The summed E-state index contributed by atoms with van der Waals surface area (Å²) < 4.78 is 7.04. The van der Waals surface area contributed by atoms with Crippen molar-refractivity contribution in [3.05, 3.63) is 51.3 Å². The van der Waals surface area contributed by atoms with E-state index in [-0.39, 0.29) is 17.4 Å². The largest absolute Gasteiger partial charge is 0.361 e. The van der Waals surface area contributed by atoms with Gasteiger partial charge in [-0.1, -0.05) is 11.2 Å². The average Bonchev–Trinajstić information content (AvgIpc) is 2.87. The molecule has 1 fully saturated rings. The molecular formula is C18H21N3O3. The summed E-state index contributed by atoms with van der Waals surface area (Å²) in [7, 11) is 0. The Morgan fingerprint density at radius 2 is 2.12 bits per heavy atom. The number of pyridine rings is 1. The number of carbonyl (C=O) groups is 1. The summed E-state index contributed by atoms with van der Waals surface area (Å²) in [6.07, 6.45) is 1.39. The van der Waals surface area contributed by atoms with Gasteiger partial charge in [-0.3, -0.25) is 9.59 Å². The quantitative estimate of drug-likeness (QED) is 0.841. The van der Waals surface area contributed by atoms with Crippen molar-refractivity contribution in [1.29, 1.82) is 0 Å². The van der Waals surface area contributed by atoms with Crippen LogP contribution in [0.25, 0.3) is 0 Å². The Hall–Kier alpha value is -2.37. The Bertz CT molecular complexity index is 832. The lowest BCUT2D eigenvalue weighted by molar-refractivity contribution is -0.133. The summed E-state index contributed by atoms with van der Waals surface area (Å²) in [6.45, 7) is 5.82. The molecule has 1 saturated heterocycles. The molecule has 0 aromatic carbocycles. The number of hydrogen-bond donors (Lipinski definition) is 0. The van der Waals surface area contributed by atoms with Crippen LogP contribution < -0.4 is 5.56 Å². The van der Waals surface area contributed by atoms with E-state index in [0.29, 0.717) is 25.4 Å². The molecule has 4 heterocycles. The highest BCUT2D eigenvalue weighted by Crippen LogP contribution is 2.35. The minimum atomic E-state index is 0.0673. The third-order valence-electron chi connectivity index (χ3n) is 5.34. The molecule has 0 spiro atoms. The van der Waals surface area contributed by atoms with Crippen LogP contribution in [0.3, 0.4) is 0 Å². The van der Waals surface area contributed by atoms with Crippen molar-refractivity contribution >= 4 is 5.91 Å². The number of rotatable bonds is 2. The van der Waals surface area contributed by atoms with Crippen LogP contribution in [-0.2, 0) is 17.8 Å². The van der Waals surface area contributed by atoms with Crippen molar-refractivity contribution < 1.29 is 9.32 Å². The van der Waals surface area contributed by atoms with E-state index in [9.17, 15) is 9.59 Å². The third kappa shape index (κ3) is 2.46. The lowest BCUT2D eigenvalue weighted by Crippen LogP contribution is -2.49. The monoisotopic (exact) mass is 327 g/mol. The number of likely N-dealkylation sites (tertiary alicyclic amines) is 1. The van der Waals surface area contributed by atoms with E-state index >= 15 is 0 Å². The maximum Gasteiger partial charge on any atom is 0.250 e. The van der Waals surface area contributed by atoms with Crippen LogP contribution in [0.5, 0.6) is 0 Å². The number of fused-ring (bicyclic) bond motifs is 4. The van der Waals surface area contributed by atoms with Gasteiger partial charge in [0.1, 0.15) is 5.76 Å². The lowest BCUT2D eigenvalue weighted by atomic mass is 9.83. The number of hydrogen-bond acceptors (Lipinski definition) is 4. The number of nitrogens with zero attached hydrogens (tertiary/aromatic N) is 3. The van der Waals surface area contributed by atoms with Gasteiger partial charge in [0.05, 0.1) is 12.1 Å². The summed E-state index contributed by atoms with van der Waals surface area (Å²) in [5.74, 6) is 1.44. The summed E-state index contributed by atoms with van der Waals surface area (Å²) in [4.78, 5) is 26.8. The van der Waals surface area contributed by atoms with E-state index in [1.807, 2.05) is 35.4 Å². The summed E-state index contributed by atoms with van der Waals surface area (Å²) in [5, 5.41) is 3.93. The molecule has 2 aliphatic rings. The number of amides is 1. The Kier molecular flexibility index (Phi) is 3.55. The smallest absolute Gasteiger partial charge is 0.250 e. The zero-order chi connectivity index (χ0) is 16.8. The first-order chi connectivity index (χ1) is 11.5. The van der Waals surface area contributed by atoms with Crippen LogP contribution in [0.1, 0.15) is 35.1 Å². The number of aromatic nitrogens is 2. The molecule has 1 amide bonds. The first-order valence-corrected chi connectivity index (χ1v) is 8.42. The molecule has 0 unspecified atom stereocenters. The van der Waals surface area contributed by atoms with Crippen molar-refractivity contribution in [2.45, 2.75) is 39.2 Å². The molecule has 0 saturated carbocycles. The van der Waals surface area contributed by atoms with Gasteiger partial charge >= 0.3 is 0 Å². The highest BCUT2D eigenvalue weighted by Gasteiger charge is 2.36. The zero-order valence-electron chi connectivity index (χ0n) is 14.0. The number of aryl methyl sites for hydroxylation is 2. The van der Waals surface area contributed by atoms with Crippen molar-refractivity contribution in [3.8, 4) is 0 Å². The van der Waals surface area contributed by atoms with E-state index in [1.165, 1.54) is 0 Å². The van der Waals surface area contributed by atoms with Gasteiger partial charge in [-0.25, -0.2) is 0 Å². The van der Waals surface area contributed by atoms with E-state index in [1.54, 1.807) is 6.07 Å². The normalized spacial score (nSPS) is 22.3. The Morgan fingerprint density at radius 3 is 2.88 bits per heavy atom.